The standard InChI is InChI=1S/C28H34FN3O4/c1-19(2)17-28(12-15-31(27(28)35)13-10-20-6-4-3-5-7-20)24(25(33)30-36)11-14-32-18-21-16-22(29)8-9-23(21)26(32)34/h3-9,16,19,24,36H,10-15,17-18H2,1-2H3,(H,30,33)/t24-,28+/m1/s1. The van der Waals surface area contributed by atoms with Gasteiger partial charge in [-0.15, -0.1) is 0 Å². The Morgan fingerprint density at radius 1 is 1.11 bits per heavy atom. The fraction of sp³-hybridized carbons (Fsp3) is 0.464. The van der Waals surface area contributed by atoms with Crippen LogP contribution in [0.2, 0.25) is 0 Å². The van der Waals surface area contributed by atoms with Gasteiger partial charge in [-0.05, 0) is 60.9 Å². The zero-order chi connectivity index (χ0) is 25.9. The summed E-state index contributed by atoms with van der Waals surface area (Å²) in [5.74, 6) is -1.94. The van der Waals surface area contributed by atoms with Gasteiger partial charge in [-0.25, -0.2) is 9.87 Å². The van der Waals surface area contributed by atoms with Crippen molar-refractivity contribution in [3.05, 3.63) is 71.0 Å². The molecule has 0 bridgehead atoms. The first kappa shape index (κ1) is 25.8. The van der Waals surface area contributed by atoms with Crippen LogP contribution in [0, 0.1) is 23.1 Å². The summed E-state index contributed by atoms with van der Waals surface area (Å²) in [6.45, 7) is 5.62. The van der Waals surface area contributed by atoms with Gasteiger partial charge in [0.05, 0.1) is 11.3 Å². The second-order valence-corrected chi connectivity index (χ2v) is 10.4. The third kappa shape index (κ3) is 5.14. The molecule has 2 aromatic carbocycles. The summed E-state index contributed by atoms with van der Waals surface area (Å²) in [6.07, 6.45) is 1.96. The predicted octanol–water partition coefficient (Wildman–Crippen LogP) is 3.80. The van der Waals surface area contributed by atoms with Gasteiger partial charge in [0.2, 0.25) is 11.8 Å². The Labute approximate surface area is 211 Å². The molecule has 2 atom stereocenters. The van der Waals surface area contributed by atoms with E-state index in [0.717, 1.165) is 12.0 Å². The van der Waals surface area contributed by atoms with E-state index in [1.165, 1.54) is 18.2 Å². The summed E-state index contributed by atoms with van der Waals surface area (Å²) in [4.78, 5) is 43.1. The fourth-order valence-electron chi connectivity index (χ4n) is 5.91. The number of carbonyl (C=O) groups is 3. The summed E-state index contributed by atoms with van der Waals surface area (Å²) < 4.78 is 13.7. The first-order valence-corrected chi connectivity index (χ1v) is 12.6. The number of rotatable bonds is 10. The smallest absolute Gasteiger partial charge is 0.254 e. The van der Waals surface area contributed by atoms with E-state index in [0.29, 0.717) is 37.1 Å². The highest BCUT2D eigenvalue weighted by Gasteiger charge is 2.54. The molecule has 4 rings (SSSR count). The molecule has 192 valence electrons. The summed E-state index contributed by atoms with van der Waals surface area (Å²) >= 11 is 0. The molecule has 2 aliphatic rings. The van der Waals surface area contributed by atoms with E-state index in [1.54, 1.807) is 10.4 Å². The molecule has 36 heavy (non-hydrogen) atoms. The molecule has 8 heteroatoms. The van der Waals surface area contributed by atoms with E-state index >= 15 is 0 Å². The Morgan fingerprint density at radius 3 is 2.56 bits per heavy atom. The maximum absolute atomic E-state index is 13.9. The van der Waals surface area contributed by atoms with E-state index in [4.69, 9.17) is 0 Å². The van der Waals surface area contributed by atoms with Crippen LogP contribution < -0.4 is 5.48 Å². The Kier molecular flexibility index (Phi) is 7.73. The van der Waals surface area contributed by atoms with Crippen LogP contribution in [0.3, 0.4) is 0 Å². The van der Waals surface area contributed by atoms with Crippen molar-refractivity contribution in [1.29, 1.82) is 0 Å². The SMILES string of the molecule is CC(C)C[C@]1([C@H](CCN2Cc3cc(F)ccc3C2=O)C(=O)NO)CCN(CCc2ccccc2)C1=O. The van der Waals surface area contributed by atoms with Crippen molar-refractivity contribution in [2.75, 3.05) is 19.6 Å². The molecule has 3 amide bonds. The molecular formula is C28H34FN3O4. The highest BCUT2D eigenvalue weighted by Crippen LogP contribution is 2.46. The zero-order valence-corrected chi connectivity index (χ0v) is 20.9. The van der Waals surface area contributed by atoms with Gasteiger partial charge in [0.25, 0.3) is 5.91 Å². The molecule has 2 heterocycles. The number of fused-ring (bicyclic) bond motifs is 1. The average molecular weight is 496 g/mol. The van der Waals surface area contributed by atoms with Crippen molar-refractivity contribution in [3.63, 3.8) is 0 Å². The number of carbonyl (C=O) groups excluding carboxylic acids is 3. The third-order valence-electron chi connectivity index (χ3n) is 7.55. The molecule has 7 nitrogen and oxygen atoms in total. The lowest BCUT2D eigenvalue weighted by atomic mass is 9.67. The maximum Gasteiger partial charge on any atom is 0.254 e. The topological polar surface area (TPSA) is 89.9 Å². The van der Waals surface area contributed by atoms with Gasteiger partial charge < -0.3 is 9.80 Å². The molecule has 0 radical (unpaired) electrons. The number of likely N-dealkylation sites (tertiary alicyclic amines) is 1. The summed E-state index contributed by atoms with van der Waals surface area (Å²) in [6, 6.07) is 14.1. The average Bonchev–Trinajstić information content (AvgIpc) is 3.34. The van der Waals surface area contributed by atoms with Crippen molar-refractivity contribution in [1.82, 2.24) is 15.3 Å². The number of hydroxylamine groups is 1. The molecule has 0 saturated carbocycles. The van der Waals surface area contributed by atoms with Crippen LogP contribution in [0.1, 0.15) is 54.6 Å². The van der Waals surface area contributed by atoms with E-state index < -0.39 is 23.1 Å². The lowest BCUT2D eigenvalue weighted by molar-refractivity contribution is -0.150. The summed E-state index contributed by atoms with van der Waals surface area (Å²) in [5, 5.41) is 9.59. The molecule has 0 aliphatic carbocycles. The predicted molar refractivity (Wildman–Crippen MR) is 132 cm³/mol. The number of nitrogens with one attached hydrogen (secondary N) is 1. The zero-order valence-electron chi connectivity index (χ0n) is 20.9. The minimum atomic E-state index is -0.959. The van der Waals surface area contributed by atoms with Crippen LogP contribution in [-0.2, 0) is 22.6 Å². The number of halogens is 1. The first-order valence-electron chi connectivity index (χ1n) is 12.6. The molecule has 2 N–H and O–H groups in total. The van der Waals surface area contributed by atoms with Crippen molar-refractivity contribution in [2.45, 2.75) is 46.1 Å². The van der Waals surface area contributed by atoms with Gasteiger partial charge >= 0.3 is 0 Å². The Balaban J connectivity index is 1.52. The molecule has 2 aromatic rings. The normalized spacial score (nSPS) is 20.2. The quantitative estimate of drug-likeness (QED) is 0.388. The fourth-order valence-corrected chi connectivity index (χ4v) is 5.91. The van der Waals surface area contributed by atoms with E-state index in [-0.39, 0.29) is 37.2 Å². The van der Waals surface area contributed by atoms with Crippen LogP contribution >= 0.6 is 0 Å². The van der Waals surface area contributed by atoms with Gasteiger partial charge in [0.15, 0.2) is 0 Å². The van der Waals surface area contributed by atoms with Crippen molar-refractivity contribution >= 4 is 17.7 Å². The second-order valence-electron chi connectivity index (χ2n) is 10.4. The minimum absolute atomic E-state index is 0.0705. The van der Waals surface area contributed by atoms with Crippen LogP contribution in [0.15, 0.2) is 48.5 Å². The van der Waals surface area contributed by atoms with Gasteiger partial charge in [-0.2, -0.15) is 0 Å². The minimum Gasteiger partial charge on any atom is -0.342 e. The molecule has 1 saturated heterocycles. The number of nitrogens with zero attached hydrogens (tertiary/aromatic N) is 2. The van der Waals surface area contributed by atoms with Crippen molar-refractivity contribution < 1.29 is 24.0 Å². The molecule has 0 spiro atoms. The van der Waals surface area contributed by atoms with Crippen molar-refractivity contribution in [2.24, 2.45) is 17.3 Å². The lowest BCUT2D eigenvalue weighted by Gasteiger charge is -2.37. The van der Waals surface area contributed by atoms with Gasteiger partial charge in [0, 0.05) is 31.7 Å². The van der Waals surface area contributed by atoms with E-state index in [1.807, 2.05) is 49.1 Å². The summed E-state index contributed by atoms with van der Waals surface area (Å²) in [5.41, 5.74) is 3.04. The molecule has 1 fully saturated rings. The third-order valence-corrected chi connectivity index (χ3v) is 7.55. The van der Waals surface area contributed by atoms with Crippen LogP contribution in [-0.4, -0.2) is 52.4 Å². The van der Waals surface area contributed by atoms with Crippen LogP contribution in [0.25, 0.3) is 0 Å². The van der Waals surface area contributed by atoms with Gasteiger partial charge in [0.1, 0.15) is 5.82 Å². The number of benzene rings is 2. The number of amides is 3. The lowest BCUT2D eigenvalue weighted by Crippen LogP contribution is -2.48. The number of hydrogen-bond acceptors (Lipinski definition) is 4. The molecule has 0 aromatic heterocycles. The highest BCUT2D eigenvalue weighted by atomic mass is 19.1. The second kappa shape index (κ2) is 10.8. The number of hydrogen-bond donors (Lipinski definition) is 2. The Bertz CT molecular complexity index is 1120. The summed E-state index contributed by atoms with van der Waals surface area (Å²) in [7, 11) is 0. The molecule has 0 unspecified atom stereocenters. The Morgan fingerprint density at radius 2 is 1.86 bits per heavy atom. The highest BCUT2D eigenvalue weighted by molar-refractivity contribution is 5.98. The Hall–Kier alpha value is -3.26. The van der Waals surface area contributed by atoms with Crippen molar-refractivity contribution in [3.8, 4) is 0 Å². The first-order chi connectivity index (χ1) is 17.2. The van der Waals surface area contributed by atoms with E-state index in [9.17, 15) is 24.0 Å². The van der Waals surface area contributed by atoms with E-state index in [2.05, 4.69) is 0 Å². The van der Waals surface area contributed by atoms with Crippen LogP contribution in [0.4, 0.5) is 4.39 Å². The van der Waals surface area contributed by atoms with Gasteiger partial charge in [-0.3, -0.25) is 19.6 Å². The largest absolute Gasteiger partial charge is 0.342 e. The molecule has 2 aliphatic heterocycles. The van der Waals surface area contributed by atoms with Gasteiger partial charge in [-0.1, -0.05) is 44.2 Å². The monoisotopic (exact) mass is 495 g/mol. The molecular weight excluding hydrogens is 461 g/mol. The maximum atomic E-state index is 13.9. The van der Waals surface area contributed by atoms with Crippen LogP contribution in [0.5, 0.6) is 0 Å².